The van der Waals surface area contributed by atoms with Crippen LogP contribution in [0.2, 0.25) is 0 Å². The van der Waals surface area contributed by atoms with Gasteiger partial charge in [-0.1, -0.05) is 0 Å². The number of benzene rings is 1. The minimum absolute atomic E-state index is 0.0877. The number of halogens is 2. The highest BCUT2D eigenvalue weighted by atomic mass is 19.1. The Labute approximate surface area is 81.4 Å². The lowest BCUT2D eigenvalue weighted by Crippen LogP contribution is -2.35. The first-order valence-electron chi connectivity index (χ1n) is 4.25. The fourth-order valence-corrected chi connectivity index (χ4v) is 1.21. The minimum atomic E-state index is -0.763. The van der Waals surface area contributed by atoms with Gasteiger partial charge in [0.1, 0.15) is 17.4 Å². The lowest BCUT2D eigenvalue weighted by atomic mass is 9.95. The summed E-state index contributed by atoms with van der Waals surface area (Å²) in [7, 11) is 0. The normalized spacial score (nSPS) is 11.8. The number of phenols is 1. The molecule has 1 aromatic carbocycles. The number of aromatic hydroxyl groups is 1. The fourth-order valence-electron chi connectivity index (χ4n) is 1.21. The van der Waals surface area contributed by atoms with E-state index in [0.29, 0.717) is 0 Å². The quantitative estimate of drug-likeness (QED) is 0.768. The zero-order chi connectivity index (χ0) is 10.9. The lowest BCUT2D eigenvalue weighted by molar-refractivity contribution is 0.443. The highest BCUT2D eigenvalue weighted by Crippen LogP contribution is 2.22. The molecule has 0 spiro atoms. The molecule has 0 radical (unpaired) electrons. The molecule has 0 amide bonds. The summed E-state index contributed by atoms with van der Waals surface area (Å²) in [6.45, 7) is 3.36. The molecular weight excluding hydrogens is 188 g/mol. The van der Waals surface area contributed by atoms with Gasteiger partial charge in [0, 0.05) is 23.2 Å². The molecule has 0 aliphatic carbocycles. The molecule has 0 fully saturated rings. The summed E-state index contributed by atoms with van der Waals surface area (Å²) in [6.07, 6.45) is 0.0882. The smallest absolute Gasteiger partial charge is 0.133 e. The summed E-state index contributed by atoms with van der Waals surface area (Å²) in [5.41, 5.74) is 4.88. The Bertz CT molecular complexity index is 321. The Kier molecular flexibility index (Phi) is 2.76. The minimum Gasteiger partial charge on any atom is -0.508 e. The molecule has 0 aliphatic heterocycles. The second-order valence-corrected chi connectivity index (χ2v) is 4.05. The Morgan fingerprint density at radius 3 is 2.07 bits per heavy atom. The van der Waals surface area contributed by atoms with Crippen LogP contribution in [-0.2, 0) is 6.42 Å². The topological polar surface area (TPSA) is 46.2 Å². The van der Waals surface area contributed by atoms with E-state index >= 15 is 0 Å². The van der Waals surface area contributed by atoms with Crippen molar-refractivity contribution in [3.8, 4) is 5.75 Å². The second-order valence-electron chi connectivity index (χ2n) is 4.05. The highest BCUT2D eigenvalue weighted by molar-refractivity contribution is 5.30. The van der Waals surface area contributed by atoms with E-state index in [0.717, 1.165) is 12.1 Å². The molecule has 0 bridgehead atoms. The molecule has 0 aromatic heterocycles. The Hall–Kier alpha value is -1.16. The number of nitrogens with two attached hydrogens (primary N) is 1. The monoisotopic (exact) mass is 201 g/mol. The average molecular weight is 201 g/mol. The number of hydrogen-bond donors (Lipinski definition) is 2. The first-order chi connectivity index (χ1) is 6.29. The van der Waals surface area contributed by atoms with Gasteiger partial charge in [-0.05, 0) is 20.3 Å². The van der Waals surface area contributed by atoms with E-state index < -0.39 is 22.9 Å². The summed E-state index contributed by atoms with van der Waals surface area (Å²) in [5, 5.41) is 8.91. The second kappa shape index (κ2) is 3.53. The molecule has 2 nitrogen and oxygen atoms in total. The third-order valence-electron chi connectivity index (χ3n) is 1.76. The van der Waals surface area contributed by atoms with Crippen molar-refractivity contribution < 1.29 is 13.9 Å². The van der Waals surface area contributed by atoms with Crippen LogP contribution >= 0.6 is 0 Å². The maximum absolute atomic E-state index is 13.2. The molecule has 1 aromatic rings. The van der Waals surface area contributed by atoms with Crippen molar-refractivity contribution in [2.75, 3.05) is 0 Å². The van der Waals surface area contributed by atoms with Gasteiger partial charge < -0.3 is 10.8 Å². The molecule has 0 saturated heterocycles. The van der Waals surface area contributed by atoms with Crippen molar-refractivity contribution in [1.82, 2.24) is 0 Å². The molecular formula is C10H13F2NO. The van der Waals surface area contributed by atoms with Crippen molar-refractivity contribution in [1.29, 1.82) is 0 Å². The van der Waals surface area contributed by atoms with Crippen LogP contribution in [0.3, 0.4) is 0 Å². The van der Waals surface area contributed by atoms with Gasteiger partial charge in [0.2, 0.25) is 0 Å². The maximum atomic E-state index is 13.2. The predicted molar refractivity (Wildman–Crippen MR) is 50.0 cm³/mol. The SMILES string of the molecule is CC(C)(N)Cc1c(F)cc(O)cc1F. The van der Waals surface area contributed by atoms with Crippen molar-refractivity contribution in [3.05, 3.63) is 29.3 Å². The van der Waals surface area contributed by atoms with Crippen LogP contribution in [0.1, 0.15) is 19.4 Å². The van der Waals surface area contributed by atoms with Crippen molar-refractivity contribution in [3.63, 3.8) is 0 Å². The molecule has 0 heterocycles. The van der Waals surface area contributed by atoms with Crippen LogP contribution in [-0.4, -0.2) is 10.6 Å². The van der Waals surface area contributed by atoms with Gasteiger partial charge in [-0.15, -0.1) is 0 Å². The Balaban J connectivity index is 3.09. The van der Waals surface area contributed by atoms with Gasteiger partial charge in [-0.2, -0.15) is 0 Å². The molecule has 78 valence electrons. The molecule has 0 atom stereocenters. The molecule has 3 N–H and O–H groups in total. The molecule has 14 heavy (non-hydrogen) atoms. The molecule has 0 unspecified atom stereocenters. The summed E-state index contributed by atoms with van der Waals surface area (Å²) >= 11 is 0. The van der Waals surface area contributed by atoms with E-state index in [1.807, 2.05) is 0 Å². The van der Waals surface area contributed by atoms with Crippen LogP contribution in [0.25, 0.3) is 0 Å². The van der Waals surface area contributed by atoms with Crippen LogP contribution in [0.5, 0.6) is 5.75 Å². The van der Waals surface area contributed by atoms with Gasteiger partial charge >= 0.3 is 0 Å². The van der Waals surface area contributed by atoms with Crippen molar-refractivity contribution in [2.45, 2.75) is 25.8 Å². The zero-order valence-corrected chi connectivity index (χ0v) is 8.14. The number of phenolic OH excluding ortho intramolecular Hbond substituents is 1. The highest BCUT2D eigenvalue weighted by Gasteiger charge is 2.18. The van der Waals surface area contributed by atoms with E-state index in [-0.39, 0.29) is 12.0 Å². The van der Waals surface area contributed by atoms with E-state index in [2.05, 4.69) is 0 Å². The maximum Gasteiger partial charge on any atom is 0.133 e. The lowest BCUT2D eigenvalue weighted by Gasteiger charge is -2.19. The van der Waals surface area contributed by atoms with Crippen LogP contribution in [0.4, 0.5) is 8.78 Å². The van der Waals surface area contributed by atoms with E-state index in [1.54, 1.807) is 13.8 Å². The molecule has 0 saturated carbocycles. The largest absolute Gasteiger partial charge is 0.508 e. The van der Waals surface area contributed by atoms with E-state index in [1.165, 1.54) is 0 Å². The van der Waals surface area contributed by atoms with E-state index in [9.17, 15) is 8.78 Å². The summed E-state index contributed by atoms with van der Waals surface area (Å²) < 4.78 is 26.4. The molecule has 4 heteroatoms. The fraction of sp³-hybridized carbons (Fsp3) is 0.400. The van der Waals surface area contributed by atoms with Crippen molar-refractivity contribution in [2.24, 2.45) is 5.73 Å². The number of hydrogen-bond acceptors (Lipinski definition) is 2. The third kappa shape index (κ3) is 2.67. The van der Waals surface area contributed by atoms with Crippen LogP contribution in [0.15, 0.2) is 12.1 Å². The Morgan fingerprint density at radius 2 is 1.71 bits per heavy atom. The Morgan fingerprint density at radius 1 is 1.29 bits per heavy atom. The van der Waals surface area contributed by atoms with Gasteiger partial charge in [0.15, 0.2) is 0 Å². The summed E-state index contributed by atoms with van der Waals surface area (Å²) in [5.74, 6) is -1.94. The van der Waals surface area contributed by atoms with Gasteiger partial charge in [-0.25, -0.2) is 8.78 Å². The van der Waals surface area contributed by atoms with Crippen LogP contribution < -0.4 is 5.73 Å². The van der Waals surface area contributed by atoms with Crippen molar-refractivity contribution >= 4 is 0 Å². The predicted octanol–water partition coefficient (Wildman–Crippen LogP) is 1.95. The number of rotatable bonds is 2. The van der Waals surface area contributed by atoms with Gasteiger partial charge in [0.25, 0.3) is 0 Å². The average Bonchev–Trinajstić information content (AvgIpc) is 1.95. The summed E-state index contributed by atoms with van der Waals surface area (Å²) in [6, 6.07) is 1.76. The third-order valence-corrected chi connectivity index (χ3v) is 1.76. The molecule has 0 aliphatic rings. The summed E-state index contributed by atoms with van der Waals surface area (Å²) in [4.78, 5) is 0. The zero-order valence-electron chi connectivity index (χ0n) is 8.14. The molecule has 1 rings (SSSR count). The first kappa shape index (κ1) is 10.9. The standard InChI is InChI=1S/C10H13F2NO/c1-10(2,13)5-7-8(11)3-6(14)4-9(7)12/h3-4,14H,5,13H2,1-2H3. The first-order valence-corrected chi connectivity index (χ1v) is 4.25. The van der Waals surface area contributed by atoms with Crippen LogP contribution in [0, 0.1) is 11.6 Å². The van der Waals surface area contributed by atoms with Gasteiger partial charge in [-0.3, -0.25) is 0 Å². The van der Waals surface area contributed by atoms with Gasteiger partial charge in [0.05, 0.1) is 0 Å². The van der Waals surface area contributed by atoms with E-state index in [4.69, 9.17) is 10.8 Å².